The van der Waals surface area contributed by atoms with Crippen LogP contribution in [0.5, 0.6) is 0 Å². The molecule has 0 aliphatic heterocycles. The number of carbonyl (C=O) groups excluding carboxylic acids is 1. The fraction of sp³-hybridized carbons (Fsp3) is 0.462. The highest BCUT2D eigenvalue weighted by atomic mass is 35.5. The van der Waals surface area contributed by atoms with Crippen molar-refractivity contribution in [3.8, 4) is 0 Å². The number of nitrogens with zero attached hydrogens (tertiary/aromatic N) is 1. The lowest BCUT2D eigenvalue weighted by molar-refractivity contribution is 0.0610. The van der Waals surface area contributed by atoms with Gasteiger partial charge in [0.15, 0.2) is 0 Å². The van der Waals surface area contributed by atoms with Gasteiger partial charge < -0.3 is 14.4 Å². The van der Waals surface area contributed by atoms with Gasteiger partial charge in [0.1, 0.15) is 6.61 Å². The summed E-state index contributed by atoms with van der Waals surface area (Å²) in [5.74, 6) is 0.522. The minimum absolute atomic E-state index is 0.282. The van der Waals surface area contributed by atoms with Crippen LogP contribution in [0.2, 0.25) is 0 Å². The molecule has 0 amide bonds. The van der Waals surface area contributed by atoms with Gasteiger partial charge in [-0.25, -0.2) is 4.79 Å². The van der Waals surface area contributed by atoms with Crippen LogP contribution in [0.1, 0.15) is 6.92 Å². The molecule has 0 heterocycles. The third-order valence-corrected chi connectivity index (χ3v) is 2.49. The molecule has 0 N–H and O–H groups in total. The standard InChI is InChI=1S/C13H18ClNO3/c1-2-17-13(16)18-11-10-15(9-8-14)12-6-4-3-5-7-12/h3-7H,2,8-11H2,1H3. The molecule has 0 atom stereocenters. The lowest BCUT2D eigenvalue weighted by atomic mass is 10.3. The highest BCUT2D eigenvalue weighted by molar-refractivity contribution is 6.18. The minimum atomic E-state index is -0.628. The Labute approximate surface area is 112 Å². The first-order valence-corrected chi connectivity index (χ1v) is 6.47. The molecule has 1 aromatic carbocycles. The van der Waals surface area contributed by atoms with Gasteiger partial charge in [-0.3, -0.25) is 0 Å². The van der Waals surface area contributed by atoms with E-state index >= 15 is 0 Å². The summed E-state index contributed by atoms with van der Waals surface area (Å²) in [7, 11) is 0. The van der Waals surface area contributed by atoms with Gasteiger partial charge in [-0.2, -0.15) is 0 Å². The number of carbonyl (C=O) groups is 1. The second-order valence-corrected chi connectivity index (χ2v) is 3.92. The summed E-state index contributed by atoms with van der Waals surface area (Å²) < 4.78 is 9.62. The van der Waals surface area contributed by atoms with Gasteiger partial charge in [0, 0.05) is 18.1 Å². The molecule has 1 aromatic rings. The number of hydrogen-bond donors (Lipinski definition) is 0. The number of para-hydroxylation sites is 1. The Balaban J connectivity index is 2.42. The number of alkyl halides is 1. The number of benzene rings is 1. The van der Waals surface area contributed by atoms with Gasteiger partial charge in [-0.1, -0.05) is 18.2 Å². The SMILES string of the molecule is CCOC(=O)OCCN(CCCl)c1ccccc1. The van der Waals surface area contributed by atoms with E-state index in [4.69, 9.17) is 16.3 Å². The van der Waals surface area contributed by atoms with E-state index in [2.05, 4.69) is 9.64 Å². The molecule has 0 fully saturated rings. The fourth-order valence-corrected chi connectivity index (χ4v) is 1.71. The topological polar surface area (TPSA) is 38.8 Å². The van der Waals surface area contributed by atoms with E-state index in [1.807, 2.05) is 30.3 Å². The summed E-state index contributed by atoms with van der Waals surface area (Å²) in [6.07, 6.45) is -0.628. The Morgan fingerprint density at radius 2 is 1.94 bits per heavy atom. The zero-order valence-electron chi connectivity index (χ0n) is 10.5. The Bertz CT molecular complexity index is 345. The fourth-order valence-electron chi connectivity index (χ4n) is 1.51. The summed E-state index contributed by atoms with van der Waals surface area (Å²) >= 11 is 5.76. The van der Waals surface area contributed by atoms with Crippen molar-refractivity contribution in [1.82, 2.24) is 0 Å². The Kier molecular flexibility index (Phi) is 7.03. The first kappa shape index (κ1) is 14.6. The predicted molar refractivity (Wildman–Crippen MR) is 72.3 cm³/mol. The summed E-state index contributed by atoms with van der Waals surface area (Å²) in [6, 6.07) is 9.87. The number of halogens is 1. The van der Waals surface area contributed by atoms with Crippen molar-refractivity contribution in [2.45, 2.75) is 6.92 Å². The molecule has 0 spiro atoms. The highest BCUT2D eigenvalue weighted by Crippen LogP contribution is 2.12. The lowest BCUT2D eigenvalue weighted by Gasteiger charge is -2.23. The number of anilines is 1. The molecule has 0 unspecified atom stereocenters. The van der Waals surface area contributed by atoms with Crippen LogP contribution in [0.4, 0.5) is 10.5 Å². The number of rotatable bonds is 7. The third-order valence-electron chi connectivity index (χ3n) is 2.32. The van der Waals surface area contributed by atoms with Crippen LogP contribution < -0.4 is 4.90 Å². The maximum atomic E-state index is 11.0. The summed E-state index contributed by atoms with van der Waals surface area (Å²) in [4.78, 5) is 13.1. The van der Waals surface area contributed by atoms with Gasteiger partial charge in [0.2, 0.25) is 0 Å². The molecule has 4 nitrogen and oxygen atoms in total. The molecule has 5 heteroatoms. The molecule has 0 saturated carbocycles. The van der Waals surface area contributed by atoms with Crippen molar-refractivity contribution >= 4 is 23.4 Å². The number of ether oxygens (including phenoxy) is 2. The van der Waals surface area contributed by atoms with E-state index in [1.165, 1.54) is 0 Å². The van der Waals surface area contributed by atoms with Crippen LogP contribution in [0.3, 0.4) is 0 Å². The van der Waals surface area contributed by atoms with Crippen LogP contribution in [0.15, 0.2) is 30.3 Å². The molecule has 18 heavy (non-hydrogen) atoms. The predicted octanol–water partition coefficient (Wildman–Crippen LogP) is 2.90. The average Bonchev–Trinajstić information content (AvgIpc) is 2.39. The average molecular weight is 272 g/mol. The monoisotopic (exact) mass is 271 g/mol. The van der Waals surface area contributed by atoms with Crippen LogP contribution in [0, 0.1) is 0 Å². The van der Waals surface area contributed by atoms with Gasteiger partial charge >= 0.3 is 6.16 Å². The zero-order valence-corrected chi connectivity index (χ0v) is 11.2. The molecule has 0 aliphatic rings. The van der Waals surface area contributed by atoms with Gasteiger partial charge in [-0.05, 0) is 19.1 Å². The van der Waals surface area contributed by atoms with Gasteiger partial charge in [0.25, 0.3) is 0 Å². The maximum Gasteiger partial charge on any atom is 0.508 e. The van der Waals surface area contributed by atoms with E-state index in [9.17, 15) is 4.79 Å². The Morgan fingerprint density at radius 1 is 1.22 bits per heavy atom. The summed E-state index contributed by atoms with van der Waals surface area (Å²) in [5, 5.41) is 0. The Morgan fingerprint density at radius 3 is 2.56 bits per heavy atom. The first-order valence-electron chi connectivity index (χ1n) is 5.93. The molecule has 1 rings (SSSR count). The largest absolute Gasteiger partial charge is 0.508 e. The van der Waals surface area contributed by atoms with Crippen molar-refractivity contribution in [2.75, 3.05) is 37.1 Å². The van der Waals surface area contributed by atoms with E-state index in [0.717, 1.165) is 5.69 Å². The normalized spacial score (nSPS) is 9.89. The second-order valence-electron chi connectivity index (χ2n) is 3.54. The summed E-state index contributed by atoms with van der Waals surface area (Å²) in [6.45, 7) is 3.64. The molecule has 0 aromatic heterocycles. The van der Waals surface area contributed by atoms with E-state index in [-0.39, 0.29) is 6.61 Å². The zero-order chi connectivity index (χ0) is 13.2. The second kappa shape index (κ2) is 8.64. The molecule has 100 valence electrons. The molecule has 0 saturated heterocycles. The van der Waals surface area contributed by atoms with Crippen molar-refractivity contribution in [3.05, 3.63) is 30.3 Å². The first-order chi connectivity index (χ1) is 8.77. The van der Waals surface area contributed by atoms with E-state index < -0.39 is 6.16 Å². The third kappa shape index (κ3) is 5.27. The summed E-state index contributed by atoms with van der Waals surface area (Å²) in [5.41, 5.74) is 1.06. The van der Waals surface area contributed by atoms with Crippen molar-refractivity contribution < 1.29 is 14.3 Å². The van der Waals surface area contributed by atoms with Crippen LogP contribution >= 0.6 is 11.6 Å². The smallest absolute Gasteiger partial charge is 0.435 e. The molecular weight excluding hydrogens is 254 g/mol. The van der Waals surface area contributed by atoms with Gasteiger partial charge in [0.05, 0.1) is 13.2 Å². The maximum absolute atomic E-state index is 11.0. The molecular formula is C13H18ClNO3. The number of hydrogen-bond acceptors (Lipinski definition) is 4. The van der Waals surface area contributed by atoms with Crippen molar-refractivity contribution in [3.63, 3.8) is 0 Å². The molecule has 0 aliphatic carbocycles. The highest BCUT2D eigenvalue weighted by Gasteiger charge is 2.07. The van der Waals surface area contributed by atoms with Gasteiger partial charge in [-0.15, -0.1) is 11.6 Å². The van der Waals surface area contributed by atoms with Crippen molar-refractivity contribution in [2.24, 2.45) is 0 Å². The quantitative estimate of drug-likeness (QED) is 0.565. The molecule has 0 bridgehead atoms. The lowest BCUT2D eigenvalue weighted by Crippen LogP contribution is -2.30. The molecule has 0 radical (unpaired) electrons. The van der Waals surface area contributed by atoms with Crippen LogP contribution in [-0.2, 0) is 9.47 Å². The minimum Gasteiger partial charge on any atom is -0.435 e. The van der Waals surface area contributed by atoms with Crippen molar-refractivity contribution in [1.29, 1.82) is 0 Å². The Hall–Kier alpha value is -1.42. The van der Waals surface area contributed by atoms with Crippen LogP contribution in [-0.4, -0.2) is 38.3 Å². The van der Waals surface area contributed by atoms with E-state index in [1.54, 1.807) is 6.92 Å². The van der Waals surface area contributed by atoms with E-state index in [0.29, 0.717) is 25.6 Å². The van der Waals surface area contributed by atoms with Crippen LogP contribution in [0.25, 0.3) is 0 Å².